The second kappa shape index (κ2) is 8.61. The van der Waals surface area contributed by atoms with Crippen LogP contribution in [0, 0.1) is 12.8 Å². The molecule has 1 atom stereocenters. The van der Waals surface area contributed by atoms with E-state index in [1.807, 2.05) is 54.8 Å². The molecule has 29 heavy (non-hydrogen) atoms. The smallest absolute Gasteiger partial charge is 0.317 e. The van der Waals surface area contributed by atoms with Gasteiger partial charge >= 0.3 is 6.03 Å². The number of aryl methyl sites for hydroxylation is 1. The van der Waals surface area contributed by atoms with Crippen LogP contribution in [0.25, 0.3) is 10.9 Å². The van der Waals surface area contributed by atoms with Gasteiger partial charge in [0, 0.05) is 29.0 Å². The Kier molecular flexibility index (Phi) is 5.76. The van der Waals surface area contributed by atoms with Crippen molar-refractivity contribution in [2.75, 3.05) is 18.4 Å². The fraction of sp³-hybridized carbons (Fsp3) is 0.318. The first-order valence-corrected chi connectivity index (χ1v) is 10.7. The van der Waals surface area contributed by atoms with Crippen molar-refractivity contribution in [2.45, 2.75) is 26.3 Å². The number of amides is 3. The second-order valence-corrected chi connectivity index (χ2v) is 8.37. The molecule has 1 saturated heterocycles. The Balaban J connectivity index is 1.39. The number of benzene rings is 1. The number of fused-ring (bicyclic) bond motifs is 1. The number of likely N-dealkylation sites (tertiary alicyclic amines) is 1. The number of hydrogen-bond acceptors (Lipinski definition) is 4. The van der Waals surface area contributed by atoms with E-state index < -0.39 is 0 Å². The SMILES string of the molecule is Cc1ccc2c(NC(=O)C3CCCN(C(=O)NCc4cccs4)C3)cccc2n1. The number of carbonyl (C=O) groups excluding carboxylic acids is 2. The maximum absolute atomic E-state index is 12.9. The van der Waals surface area contributed by atoms with E-state index in [9.17, 15) is 9.59 Å². The van der Waals surface area contributed by atoms with Gasteiger partial charge < -0.3 is 15.5 Å². The van der Waals surface area contributed by atoms with E-state index in [2.05, 4.69) is 15.6 Å². The molecule has 3 aromatic rings. The molecule has 0 aliphatic carbocycles. The third-order valence-electron chi connectivity index (χ3n) is 5.20. The quantitative estimate of drug-likeness (QED) is 0.681. The predicted molar refractivity (Wildman–Crippen MR) is 116 cm³/mol. The molecule has 1 unspecified atom stereocenters. The monoisotopic (exact) mass is 408 g/mol. The number of nitrogens with one attached hydrogen (secondary N) is 2. The first-order chi connectivity index (χ1) is 14.1. The lowest BCUT2D eigenvalue weighted by molar-refractivity contribution is -0.121. The molecule has 7 heteroatoms. The summed E-state index contributed by atoms with van der Waals surface area (Å²) in [5.74, 6) is -0.265. The summed E-state index contributed by atoms with van der Waals surface area (Å²) in [5, 5.41) is 8.92. The zero-order chi connectivity index (χ0) is 20.2. The van der Waals surface area contributed by atoms with Crippen LogP contribution in [0.3, 0.4) is 0 Å². The van der Waals surface area contributed by atoms with Gasteiger partial charge in [0.25, 0.3) is 0 Å². The van der Waals surface area contributed by atoms with Gasteiger partial charge in [-0.15, -0.1) is 11.3 Å². The summed E-state index contributed by atoms with van der Waals surface area (Å²) in [4.78, 5) is 32.8. The molecule has 3 amide bonds. The van der Waals surface area contributed by atoms with E-state index in [1.165, 1.54) is 0 Å². The molecule has 2 N–H and O–H groups in total. The largest absolute Gasteiger partial charge is 0.333 e. The highest BCUT2D eigenvalue weighted by Crippen LogP contribution is 2.24. The van der Waals surface area contributed by atoms with Crippen LogP contribution in [0.4, 0.5) is 10.5 Å². The van der Waals surface area contributed by atoms with Crippen molar-refractivity contribution in [3.63, 3.8) is 0 Å². The third kappa shape index (κ3) is 4.56. The van der Waals surface area contributed by atoms with Gasteiger partial charge in [-0.1, -0.05) is 12.1 Å². The highest BCUT2D eigenvalue weighted by Gasteiger charge is 2.28. The summed E-state index contributed by atoms with van der Waals surface area (Å²) >= 11 is 1.62. The third-order valence-corrected chi connectivity index (χ3v) is 6.08. The lowest BCUT2D eigenvalue weighted by atomic mass is 9.97. The van der Waals surface area contributed by atoms with E-state index in [0.29, 0.717) is 19.6 Å². The number of piperidine rings is 1. The molecule has 0 bridgehead atoms. The average Bonchev–Trinajstić information content (AvgIpc) is 3.25. The number of pyridine rings is 1. The van der Waals surface area contributed by atoms with Crippen LogP contribution < -0.4 is 10.6 Å². The van der Waals surface area contributed by atoms with Crippen molar-refractivity contribution in [2.24, 2.45) is 5.92 Å². The molecule has 1 fully saturated rings. The number of hydrogen-bond donors (Lipinski definition) is 2. The molecule has 1 aliphatic rings. The first-order valence-electron chi connectivity index (χ1n) is 9.82. The molecule has 2 aromatic heterocycles. The Bertz CT molecular complexity index is 1020. The van der Waals surface area contributed by atoms with E-state index in [-0.39, 0.29) is 17.9 Å². The Labute approximate surface area is 173 Å². The summed E-state index contributed by atoms with van der Waals surface area (Å²) in [7, 11) is 0. The van der Waals surface area contributed by atoms with Gasteiger partial charge in [0.15, 0.2) is 0 Å². The highest BCUT2D eigenvalue weighted by molar-refractivity contribution is 7.09. The number of thiophene rings is 1. The van der Waals surface area contributed by atoms with Gasteiger partial charge in [-0.05, 0) is 55.5 Å². The van der Waals surface area contributed by atoms with Gasteiger partial charge in [0.2, 0.25) is 5.91 Å². The molecule has 1 aliphatic heterocycles. The van der Waals surface area contributed by atoms with Crippen molar-refractivity contribution in [3.05, 3.63) is 58.4 Å². The summed E-state index contributed by atoms with van der Waals surface area (Å²) in [6.07, 6.45) is 1.60. The maximum Gasteiger partial charge on any atom is 0.317 e. The van der Waals surface area contributed by atoms with Crippen LogP contribution >= 0.6 is 11.3 Å². The maximum atomic E-state index is 12.9. The number of rotatable bonds is 4. The number of carbonyl (C=O) groups is 2. The molecule has 0 radical (unpaired) electrons. The lowest BCUT2D eigenvalue weighted by Gasteiger charge is -2.32. The molecule has 1 aromatic carbocycles. The number of urea groups is 1. The Morgan fingerprint density at radius 3 is 2.93 bits per heavy atom. The van der Waals surface area contributed by atoms with Crippen LogP contribution in [-0.4, -0.2) is 34.9 Å². The molecule has 3 heterocycles. The topological polar surface area (TPSA) is 74.3 Å². The van der Waals surface area contributed by atoms with E-state index in [1.54, 1.807) is 16.2 Å². The van der Waals surface area contributed by atoms with Gasteiger partial charge in [-0.25, -0.2) is 4.79 Å². The van der Waals surface area contributed by atoms with Crippen molar-refractivity contribution in [1.29, 1.82) is 0 Å². The number of nitrogens with zero attached hydrogens (tertiary/aromatic N) is 2. The minimum Gasteiger partial charge on any atom is -0.333 e. The number of anilines is 1. The van der Waals surface area contributed by atoms with Crippen molar-refractivity contribution in [1.82, 2.24) is 15.2 Å². The summed E-state index contributed by atoms with van der Waals surface area (Å²) in [6.45, 7) is 3.58. The van der Waals surface area contributed by atoms with Crippen LogP contribution in [0.1, 0.15) is 23.4 Å². The van der Waals surface area contributed by atoms with Gasteiger partial charge in [0.1, 0.15) is 0 Å². The van der Waals surface area contributed by atoms with Crippen LogP contribution in [0.15, 0.2) is 47.8 Å². The average molecular weight is 409 g/mol. The first kappa shape index (κ1) is 19.4. The Hall–Kier alpha value is -2.93. The Morgan fingerprint density at radius 2 is 2.10 bits per heavy atom. The summed E-state index contributed by atoms with van der Waals surface area (Å²) in [5.41, 5.74) is 2.57. The predicted octanol–water partition coefficient (Wildman–Crippen LogP) is 4.17. The minimum absolute atomic E-state index is 0.0474. The van der Waals surface area contributed by atoms with Gasteiger partial charge in [-0.2, -0.15) is 0 Å². The highest BCUT2D eigenvalue weighted by atomic mass is 32.1. The lowest BCUT2D eigenvalue weighted by Crippen LogP contribution is -2.47. The molecular formula is C22H24N4O2S. The van der Waals surface area contributed by atoms with Crippen molar-refractivity contribution >= 4 is 39.9 Å². The van der Waals surface area contributed by atoms with E-state index >= 15 is 0 Å². The molecular weight excluding hydrogens is 384 g/mol. The van der Waals surface area contributed by atoms with Gasteiger partial charge in [0.05, 0.1) is 23.7 Å². The minimum atomic E-state index is -0.218. The molecule has 4 rings (SSSR count). The fourth-order valence-electron chi connectivity index (χ4n) is 3.66. The molecule has 6 nitrogen and oxygen atoms in total. The molecule has 0 saturated carbocycles. The second-order valence-electron chi connectivity index (χ2n) is 7.34. The number of aromatic nitrogens is 1. The van der Waals surface area contributed by atoms with Gasteiger partial charge in [-0.3, -0.25) is 9.78 Å². The Morgan fingerprint density at radius 1 is 1.21 bits per heavy atom. The van der Waals surface area contributed by atoms with Crippen molar-refractivity contribution in [3.8, 4) is 0 Å². The standard InChI is InChI=1S/C22H24N4O2S/c1-15-9-10-18-19(24-15)7-2-8-20(18)25-21(27)16-5-3-11-26(14-16)22(28)23-13-17-6-4-12-29-17/h2,4,6-10,12,16H,3,5,11,13-14H2,1H3,(H,23,28)(H,25,27). The zero-order valence-electron chi connectivity index (χ0n) is 16.4. The van der Waals surface area contributed by atoms with Crippen LogP contribution in [0.2, 0.25) is 0 Å². The zero-order valence-corrected chi connectivity index (χ0v) is 17.2. The van der Waals surface area contributed by atoms with E-state index in [4.69, 9.17) is 0 Å². The van der Waals surface area contributed by atoms with E-state index in [0.717, 1.165) is 40.0 Å². The van der Waals surface area contributed by atoms with Crippen LogP contribution in [0.5, 0.6) is 0 Å². The fourth-order valence-corrected chi connectivity index (χ4v) is 4.31. The molecule has 150 valence electrons. The normalized spacial score (nSPS) is 16.6. The van der Waals surface area contributed by atoms with Crippen molar-refractivity contribution < 1.29 is 9.59 Å². The summed E-state index contributed by atoms with van der Waals surface area (Å²) in [6, 6.07) is 13.5. The molecule has 0 spiro atoms. The summed E-state index contributed by atoms with van der Waals surface area (Å²) < 4.78 is 0. The van der Waals surface area contributed by atoms with Crippen LogP contribution in [-0.2, 0) is 11.3 Å².